The molecule has 0 aliphatic carbocycles. The first-order valence-electron chi connectivity index (χ1n) is 5.99. The third-order valence-electron chi connectivity index (χ3n) is 2.91. The number of aromatic nitrogens is 3. The van der Waals surface area contributed by atoms with E-state index in [0.717, 1.165) is 21.7 Å². The molecule has 102 valence electrons. The van der Waals surface area contributed by atoms with E-state index in [2.05, 4.69) is 10.1 Å². The minimum Gasteiger partial charge on any atom is -0.364 e. The highest BCUT2D eigenvalue weighted by molar-refractivity contribution is 7.14. The van der Waals surface area contributed by atoms with Crippen LogP contribution in [0.1, 0.15) is 14.7 Å². The minimum absolute atomic E-state index is 0.301. The van der Waals surface area contributed by atoms with Gasteiger partial charge >= 0.3 is 0 Å². The number of rotatable bonds is 4. The van der Waals surface area contributed by atoms with Gasteiger partial charge in [0.05, 0.1) is 17.4 Å². The largest absolute Gasteiger partial charge is 0.364 e. The van der Waals surface area contributed by atoms with Crippen LogP contribution in [0.2, 0.25) is 0 Å². The molecule has 2 N–H and O–H groups in total. The Kier molecular flexibility index (Phi) is 3.42. The number of aryl methyl sites for hydroxylation is 1. The summed E-state index contributed by atoms with van der Waals surface area (Å²) in [5, 5.41) is 4.58. The quantitative estimate of drug-likeness (QED) is 0.752. The summed E-state index contributed by atoms with van der Waals surface area (Å²) in [7, 11) is 0. The van der Waals surface area contributed by atoms with Gasteiger partial charge in [-0.05, 0) is 18.6 Å². The van der Waals surface area contributed by atoms with Crippen molar-refractivity contribution >= 4 is 34.4 Å². The molecule has 0 aliphatic heterocycles. The van der Waals surface area contributed by atoms with Gasteiger partial charge in [-0.1, -0.05) is 6.07 Å². The summed E-state index contributed by atoms with van der Waals surface area (Å²) in [5.74, 6) is -0.0550. The van der Waals surface area contributed by atoms with Crippen LogP contribution in [0.3, 0.4) is 0 Å². The molecule has 0 aromatic carbocycles. The molecule has 0 saturated carbocycles. The highest BCUT2D eigenvalue weighted by Crippen LogP contribution is 2.31. The van der Waals surface area contributed by atoms with Crippen molar-refractivity contribution in [1.29, 1.82) is 0 Å². The van der Waals surface area contributed by atoms with Crippen molar-refractivity contribution in [3.8, 4) is 11.3 Å². The number of amides is 1. The molecule has 5 nitrogen and oxygen atoms in total. The van der Waals surface area contributed by atoms with Crippen molar-refractivity contribution in [2.45, 2.75) is 6.42 Å². The molecule has 0 aliphatic rings. The maximum absolute atomic E-state index is 11.3. The maximum Gasteiger partial charge on any atom is 0.277 e. The standard InChI is InChI=1S/C13H11ClN4OS/c14-5-4-10-11(17-13(20-10)12(15)19)8-7-16-18-6-2-1-3-9(8)18/h1-3,6-7H,4-5H2,(H2,15,19). The molecule has 3 aromatic heterocycles. The highest BCUT2D eigenvalue weighted by Gasteiger charge is 2.18. The van der Waals surface area contributed by atoms with E-state index in [1.807, 2.05) is 24.4 Å². The summed E-state index contributed by atoms with van der Waals surface area (Å²) < 4.78 is 1.77. The average molecular weight is 307 g/mol. The van der Waals surface area contributed by atoms with Gasteiger partial charge in [-0.3, -0.25) is 4.79 Å². The summed E-state index contributed by atoms with van der Waals surface area (Å²) in [4.78, 5) is 16.6. The molecular weight excluding hydrogens is 296 g/mol. The lowest BCUT2D eigenvalue weighted by Crippen LogP contribution is -2.10. The van der Waals surface area contributed by atoms with E-state index in [-0.39, 0.29) is 0 Å². The van der Waals surface area contributed by atoms with Gasteiger partial charge in [0.2, 0.25) is 0 Å². The van der Waals surface area contributed by atoms with Crippen molar-refractivity contribution in [3.05, 3.63) is 40.5 Å². The lowest BCUT2D eigenvalue weighted by molar-refractivity contribution is 0.1000. The van der Waals surface area contributed by atoms with Crippen LogP contribution in [0, 0.1) is 0 Å². The number of primary amides is 1. The Balaban J connectivity index is 2.19. The summed E-state index contributed by atoms with van der Waals surface area (Å²) in [6, 6.07) is 5.79. The van der Waals surface area contributed by atoms with E-state index in [1.54, 1.807) is 10.7 Å². The van der Waals surface area contributed by atoms with E-state index in [4.69, 9.17) is 17.3 Å². The summed E-state index contributed by atoms with van der Waals surface area (Å²) in [6.45, 7) is 0. The molecular formula is C13H11ClN4OS. The number of halogens is 1. The normalized spacial score (nSPS) is 11.1. The third-order valence-corrected chi connectivity index (χ3v) is 4.23. The van der Waals surface area contributed by atoms with Crippen LogP contribution in [-0.2, 0) is 6.42 Å². The van der Waals surface area contributed by atoms with Gasteiger partial charge < -0.3 is 5.73 Å². The molecule has 0 saturated heterocycles. The molecule has 0 spiro atoms. The Bertz CT molecular complexity index is 780. The monoisotopic (exact) mass is 306 g/mol. The summed E-state index contributed by atoms with van der Waals surface area (Å²) >= 11 is 7.11. The molecule has 0 bridgehead atoms. The van der Waals surface area contributed by atoms with Gasteiger partial charge in [-0.25, -0.2) is 9.50 Å². The maximum atomic E-state index is 11.3. The second-order valence-corrected chi connectivity index (χ2v) is 5.64. The number of hydrogen-bond acceptors (Lipinski definition) is 4. The summed E-state index contributed by atoms with van der Waals surface area (Å²) in [5.41, 5.74) is 7.87. The predicted molar refractivity (Wildman–Crippen MR) is 79.2 cm³/mol. The first-order valence-corrected chi connectivity index (χ1v) is 7.34. The van der Waals surface area contributed by atoms with Crippen LogP contribution in [0.25, 0.3) is 16.8 Å². The molecule has 0 fully saturated rings. The zero-order chi connectivity index (χ0) is 14.1. The van der Waals surface area contributed by atoms with Crippen molar-refractivity contribution in [3.63, 3.8) is 0 Å². The number of nitrogens with two attached hydrogens (primary N) is 1. The zero-order valence-corrected chi connectivity index (χ0v) is 12.0. The second-order valence-electron chi connectivity index (χ2n) is 4.18. The van der Waals surface area contributed by atoms with E-state index in [1.165, 1.54) is 11.3 Å². The van der Waals surface area contributed by atoms with E-state index < -0.39 is 5.91 Å². The lowest BCUT2D eigenvalue weighted by atomic mass is 10.1. The molecule has 0 atom stereocenters. The number of thiazole rings is 1. The number of carbonyl (C=O) groups is 1. The predicted octanol–water partition coefficient (Wildman–Crippen LogP) is 2.34. The molecule has 0 unspecified atom stereocenters. The number of pyridine rings is 1. The summed E-state index contributed by atoms with van der Waals surface area (Å²) in [6.07, 6.45) is 4.25. The van der Waals surface area contributed by atoms with Crippen molar-refractivity contribution in [2.24, 2.45) is 5.73 Å². The van der Waals surface area contributed by atoms with Crippen molar-refractivity contribution in [1.82, 2.24) is 14.6 Å². The van der Waals surface area contributed by atoms with Crippen molar-refractivity contribution in [2.75, 3.05) is 5.88 Å². The zero-order valence-electron chi connectivity index (χ0n) is 10.4. The van der Waals surface area contributed by atoms with Crippen LogP contribution in [-0.4, -0.2) is 26.4 Å². The Morgan fingerprint density at radius 3 is 3.05 bits per heavy atom. The molecule has 7 heteroatoms. The number of nitrogens with zero attached hydrogens (tertiary/aromatic N) is 3. The fourth-order valence-corrected chi connectivity index (χ4v) is 3.27. The highest BCUT2D eigenvalue weighted by atomic mass is 35.5. The van der Waals surface area contributed by atoms with Gasteiger partial charge in [0.15, 0.2) is 5.01 Å². The molecule has 0 radical (unpaired) electrons. The van der Waals surface area contributed by atoms with Gasteiger partial charge in [0.1, 0.15) is 0 Å². The number of hydrogen-bond donors (Lipinski definition) is 1. The number of fused-ring (bicyclic) bond motifs is 1. The molecule has 3 heterocycles. The van der Waals surface area contributed by atoms with Gasteiger partial charge in [-0.2, -0.15) is 5.10 Å². The Morgan fingerprint density at radius 2 is 2.30 bits per heavy atom. The number of alkyl halides is 1. The first kappa shape index (κ1) is 13.1. The van der Waals surface area contributed by atoms with Gasteiger partial charge in [0, 0.05) is 22.5 Å². The fourth-order valence-electron chi connectivity index (χ4n) is 2.04. The van der Waals surface area contributed by atoms with Crippen LogP contribution in [0.5, 0.6) is 0 Å². The van der Waals surface area contributed by atoms with E-state index >= 15 is 0 Å². The van der Waals surface area contributed by atoms with Crippen LogP contribution < -0.4 is 5.73 Å². The average Bonchev–Trinajstić information content (AvgIpc) is 3.02. The van der Waals surface area contributed by atoms with E-state index in [0.29, 0.717) is 17.3 Å². The van der Waals surface area contributed by atoms with Crippen LogP contribution in [0.4, 0.5) is 0 Å². The Morgan fingerprint density at radius 1 is 1.45 bits per heavy atom. The molecule has 3 rings (SSSR count). The molecule has 20 heavy (non-hydrogen) atoms. The Labute approximate surface area is 124 Å². The van der Waals surface area contributed by atoms with E-state index in [9.17, 15) is 4.79 Å². The Hall–Kier alpha value is -1.92. The van der Waals surface area contributed by atoms with Gasteiger partial charge in [-0.15, -0.1) is 22.9 Å². The molecule has 3 aromatic rings. The lowest BCUT2D eigenvalue weighted by Gasteiger charge is -1.98. The topological polar surface area (TPSA) is 73.3 Å². The SMILES string of the molecule is NC(=O)c1nc(-c2cnn3ccccc23)c(CCCl)s1. The van der Waals surface area contributed by atoms with Crippen LogP contribution >= 0.6 is 22.9 Å². The minimum atomic E-state index is -0.520. The molecule has 1 amide bonds. The number of carbonyl (C=O) groups excluding carboxylic acids is 1. The van der Waals surface area contributed by atoms with Gasteiger partial charge in [0.25, 0.3) is 5.91 Å². The fraction of sp³-hybridized carbons (Fsp3) is 0.154. The third kappa shape index (κ3) is 2.17. The first-order chi connectivity index (χ1) is 9.70. The van der Waals surface area contributed by atoms with Crippen molar-refractivity contribution < 1.29 is 4.79 Å². The smallest absolute Gasteiger partial charge is 0.277 e. The second kappa shape index (κ2) is 5.22. The van der Waals surface area contributed by atoms with Crippen LogP contribution in [0.15, 0.2) is 30.6 Å².